The highest BCUT2D eigenvalue weighted by Gasteiger charge is 1.98. The number of hydrogen-bond acceptors (Lipinski definition) is 1. The second-order valence-electron chi connectivity index (χ2n) is 5.40. The summed E-state index contributed by atoms with van der Waals surface area (Å²) >= 11 is 0. The largest absolute Gasteiger partial charge is 0.330 e. The monoisotopic (exact) mass is 267 g/mol. The van der Waals surface area contributed by atoms with Crippen molar-refractivity contribution in [2.45, 2.75) is 38.5 Å². The van der Waals surface area contributed by atoms with Crippen molar-refractivity contribution in [3.63, 3.8) is 0 Å². The van der Waals surface area contributed by atoms with Crippen molar-refractivity contribution in [2.24, 2.45) is 5.73 Å². The van der Waals surface area contributed by atoms with Gasteiger partial charge in [0.05, 0.1) is 0 Å². The first-order chi connectivity index (χ1) is 9.88. The lowest BCUT2D eigenvalue weighted by molar-refractivity contribution is 0.733. The minimum Gasteiger partial charge on any atom is -0.330 e. The Morgan fingerprint density at radius 3 is 1.80 bits per heavy atom. The molecule has 0 spiro atoms. The minimum atomic E-state index is 0.779. The zero-order chi connectivity index (χ0) is 14.0. The number of hydrogen-bond donors (Lipinski definition) is 1. The Labute approximate surface area is 122 Å². The van der Waals surface area contributed by atoms with Gasteiger partial charge in [-0.25, -0.2) is 0 Å². The van der Waals surface area contributed by atoms with Gasteiger partial charge in [0.1, 0.15) is 0 Å². The molecule has 0 saturated heterocycles. The molecule has 0 atom stereocenters. The Bertz CT molecular complexity index is 490. The second-order valence-corrected chi connectivity index (χ2v) is 5.40. The molecule has 0 bridgehead atoms. The Balaban J connectivity index is 1.73. The summed E-state index contributed by atoms with van der Waals surface area (Å²) in [7, 11) is 0. The van der Waals surface area contributed by atoms with E-state index in [1.807, 2.05) is 0 Å². The molecule has 0 aromatic heterocycles. The molecule has 2 N–H and O–H groups in total. The third-order valence-electron chi connectivity index (χ3n) is 3.68. The van der Waals surface area contributed by atoms with Crippen molar-refractivity contribution >= 4 is 0 Å². The summed E-state index contributed by atoms with van der Waals surface area (Å²) in [6, 6.07) is 19.7. The van der Waals surface area contributed by atoms with Gasteiger partial charge in [0, 0.05) is 0 Å². The molecule has 0 unspecified atom stereocenters. The van der Waals surface area contributed by atoms with Crippen LogP contribution in [0.4, 0.5) is 0 Å². The first-order valence-corrected chi connectivity index (χ1v) is 7.70. The van der Waals surface area contributed by atoms with Gasteiger partial charge in [-0.1, -0.05) is 54.6 Å². The molecule has 0 heterocycles. The summed E-state index contributed by atoms with van der Waals surface area (Å²) in [6.07, 6.45) is 7.08. The van der Waals surface area contributed by atoms with Crippen molar-refractivity contribution in [1.82, 2.24) is 0 Å². The average molecular weight is 267 g/mol. The molecule has 0 aliphatic carbocycles. The van der Waals surface area contributed by atoms with E-state index in [4.69, 9.17) is 5.73 Å². The smallest absolute Gasteiger partial charge is 0.00741 e. The van der Waals surface area contributed by atoms with E-state index >= 15 is 0 Å². The van der Waals surface area contributed by atoms with E-state index in [9.17, 15) is 0 Å². The van der Waals surface area contributed by atoms with Crippen LogP contribution in [-0.4, -0.2) is 6.54 Å². The molecule has 0 amide bonds. The van der Waals surface area contributed by atoms with Crippen molar-refractivity contribution in [2.75, 3.05) is 6.54 Å². The lowest BCUT2D eigenvalue weighted by Crippen LogP contribution is -2.00. The van der Waals surface area contributed by atoms with Gasteiger partial charge in [-0.3, -0.25) is 0 Å². The van der Waals surface area contributed by atoms with Crippen LogP contribution in [0.25, 0.3) is 0 Å². The molecule has 2 rings (SSSR count). The molecule has 0 saturated carbocycles. The first kappa shape index (κ1) is 14.8. The Morgan fingerprint density at radius 2 is 1.15 bits per heavy atom. The normalized spacial score (nSPS) is 10.7. The molecule has 2 aromatic carbocycles. The van der Waals surface area contributed by atoms with Gasteiger partial charge in [-0.2, -0.15) is 0 Å². The third kappa shape index (κ3) is 5.18. The van der Waals surface area contributed by atoms with E-state index in [-0.39, 0.29) is 0 Å². The van der Waals surface area contributed by atoms with Crippen LogP contribution >= 0.6 is 0 Å². The van der Waals surface area contributed by atoms with E-state index in [1.54, 1.807) is 0 Å². The Kier molecular flexibility index (Phi) is 6.33. The summed E-state index contributed by atoms with van der Waals surface area (Å²) in [4.78, 5) is 0. The van der Waals surface area contributed by atoms with Crippen LogP contribution in [0.2, 0.25) is 0 Å². The van der Waals surface area contributed by atoms with Crippen LogP contribution in [0.5, 0.6) is 0 Å². The van der Waals surface area contributed by atoms with Gasteiger partial charge in [0.2, 0.25) is 0 Å². The fourth-order valence-corrected chi connectivity index (χ4v) is 2.55. The summed E-state index contributed by atoms with van der Waals surface area (Å²) < 4.78 is 0. The van der Waals surface area contributed by atoms with Gasteiger partial charge >= 0.3 is 0 Å². The summed E-state index contributed by atoms with van der Waals surface area (Å²) in [5.41, 5.74) is 9.91. The fraction of sp³-hybridized carbons (Fsp3) is 0.368. The number of aryl methyl sites for hydroxylation is 3. The van der Waals surface area contributed by atoms with Gasteiger partial charge in [0.25, 0.3) is 0 Å². The minimum absolute atomic E-state index is 0.779. The zero-order valence-electron chi connectivity index (χ0n) is 12.2. The molecule has 106 valence electrons. The highest BCUT2D eigenvalue weighted by atomic mass is 14.5. The topological polar surface area (TPSA) is 26.0 Å². The maximum absolute atomic E-state index is 5.57. The molecule has 0 radical (unpaired) electrons. The molecule has 0 aliphatic rings. The van der Waals surface area contributed by atoms with Crippen LogP contribution in [-0.2, 0) is 19.3 Å². The van der Waals surface area contributed by atoms with Gasteiger partial charge in [0.15, 0.2) is 0 Å². The van der Waals surface area contributed by atoms with Crippen molar-refractivity contribution in [3.8, 4) is 0 Å². The lowest BCUT2D eigenvalue weighted by Gasteiger charge is -2.05. The third-order valence-corrected chi connectivity index (χ3v) is 3.68. The fourth-order valence-electron chi connectivity index (χ4n) is 2.55. The molecule has 2 aromatic rings. The van der Waals surface area contributed by atoms with E-state index in [0.29, 0.717) is 0 Å². The van der Waals surface area contributed by atoms with Crippen LogP contribution < -0.4 is 5.73 Å². The van der Waals surface area contributed by atoms with Gasteiger partial charge in [-0.05, 0) is 61.8 Å². The van der Waals surface area contributed by atoms with Crippen molar-refractivity contribution < 1.29 is 0 Å². The standard InChI is InChI=1S/C19H25N/c20-15-7-14-19-13-6-12-18(16-19)11-5-4-10-17-8-2-1-3-9-17/h1-3,6,8-9,12-13,16H,4-5,7,10-11,14-15,20H2. The summed E-state index contributed by atoms with van der Waals surface area (Å²) in [5.74, 6) is 0. The molecule has 0 fully saturated rings. The molecular weight excluding hydrogens is 242 g/mol. The maximum Gasteiger partial charge on any atom is -0.00741 e. The maximum atomic E-state index is 5.57. The molecular formula is C19H25N. The van der Waals surface area contributed by atoms with Gasteiger partial charge < -0.3 is 5.73 Å². The second kappa shape index (κ2) is 8.55. The quantitative estimate of drug-likeness (QED) is 0.715. The highest BCUT2D eigenvalue weighted by Crippen LogP contribution is 2.12. The van der Waals surface area contributed by atoms with E-state index in [1.165, 1.54) is 42.4 Å². The SMILES string of the molecule is NCCCc1cccc(CCCCc2ccccc2)c1. The van der Waals surface area contributed by atoms with Crippen LogP contribution in [0.15, 0.2) is 54.6 Å². The predicted octanol–water partition coefficient (Wildman–Crippen LogP) is 4.14. The zero-order valence-corrected chi connectivity index (χ0v) is 12.2. The van der Waals surface area contributed by atoms with Gasteiger partial charge in [-0.15, -0.1) is 0 Å². The van der Waals surface area contributed by atoms with E-state index < -0.39 is 0 Å². The number of unbranched alkanes of at least 4 members (excludes halogenated alkanes) is 1. The molecule has 20 heavy (non-hydrogen) atoms. The molecule has 1 heteroatoms. The molecule has 0 aliphatic heterocycles. The first-order valence-electron chi connectivity index (χ1n) is 7.70. The Morgan fingerprint density at radius 1 is 0.600 bits per heavy atom. The Hall–Kier alpha value is -1.60. The van der Waals surface area contributed by atoms with Crippen LogP contribution in [0, 0.1) is 0 Å². The number of benzene rings is 2. The molecule has 1 nitrogen and oxygen atoms in total. The predicted molar refractivity (Wildman–Crippen MR) is 86.9 cm³/mol. The average Bonchev–Trinajstić information content (AvgIpc) is 2.51. The lowest BCUT2D eigenvalue weighted by atomic mass is 10.0. The van der Waals surface area contributed by atoms with E-state index in [0.717, 1.165) is 19.4 Å². The number of nitrogens with two attached hydrogens (primary N) is 1. The van der Waals surface area contributed by atoms with Crippen LogP contribution in [0.3, 0.4) is 0 Å². The van der Waals surface area contributed by atoms with Crippen molar-refractivity contribution in [1.29, 1.82) is 0 Å². The van der Waals surface area contributed by atoms with Crippen molar-refractivity contribution in [3.05, 3.63) is 71.3 Å². The highest BCUT2D eigenvalue weighted by molar-refractivity contribution is 5.23. The number of rotatable bonds is 8. The summed E-state index contributed by atoms with van der Waals surface area (Å²) in [5, 5.41) is 0. The summed E-state index contributed by atoms with van der Waals surface area (Å²) in [6.45, 7) is 0.779. The van der Waals surface area contributed by atoms with Crippen LogP contribution in [0.1, 0.15) is 36.0 Å². The van der Waals surface area contributed by atoms with E-state index in [2.05, 4.69) is 54.6 Å².